The van der Waals surface area contributed by atoms with Crippen LogP contribution in [0.2, 0.25) is 0 Å². The summed E-state index contributed by atoms with van der Waals surface area (Å²) >= 11 is 0. The van der Waals surface area contributed by atoms with Gasteiger partial charge >= 0.3 is 0 Å². The quantitative estimate of drug-likeness (QED) is 0.444. The molecule has 0 aromatic rings. The minimum Gasteiger partial charge on any atom is -0.376 e. The second-order valence-corrected chi connectivity index (χ2v) is 5.22. The summed E-state index contributed by atoms with van der Waals surface area (Å²) < 4.78 is 15.1. The van der Waals surface area contributed by atoms with Gasteiger partial charge in [-0.3, -0.25) is 0 Å². The number of ether oxygens (including phenoxy) is 3. The first-order valence-corrected chi connectivity index (χ1v) is 7.67. The Labute approximate surface area is 112 Å². The molecule has 2 heterocycles. The molecule has 2 unspecified atom stereocenters. The molecule has 0 amide bonds. The molecule has 2 aliphatic heterocycles. The normalized spacial score (nSPS) is 24.3. The van der Waals surface area contributed by atoms with E-state index in [2.05, 4.69) is 13.8 Å². The standard InChI is InChI=1S/C9H20.C6H10O3/c1-3-5-7-9-8-6-4-2;1(5-3-8-5)7-2-6-4-9-6/h3-9H2,1-2H3;5-6H,1-4H2. The van der Waals surface area contributed by atoms with Gasteiger partial charge in [-0.1, -0.05) is 58.8 Å². The van der Waals surface area contributed by atoms with Crippen molar-refractivity contribution in [1.82, 2.24) is 0 Å². The fourth-order valence-electron chi connectivity index (χ4n) is 1.69. The first-order valence-electron chi connectivity index (χ1n) is 7.67. The van der Waals surface area contributed by atoms with Crippen LogP contribution < -0.4 is 0 Å². The predicted molar refractivity (Wildman–Crippen MR) is 74.0 cm³/mol. The van der Waals surface area contributed by atoms with Gasteiger partial charge in [-0.05, 0) is 0 Å². The summed E-state index contributed by atoms with van der Waals surface area (Å²) in [7, 11) is 0. The van der Waals surface area contributed by atoms with E-state index in [1.807, 2.05) is 0 Å². The van der Waals surface area contributed by atoms with Crippen molar-refractivity contribution >= 4 is 0 Å². The average molecular weight is 258 g/mol. The lowest BCUT2D eigenvalue weighted by molar-refractivity contribution is 0.102. The molecule has 3 nitrogen and oxygen atoms in total. The molecule has 2 fully saturated rings. The van der Waals surface area contributed by atoms with Crippen LogP contribution in [0.3, 0.4) is 0 Å². The van der Waals surface area contributed by atoms with Crippen molar-refractivity contribution < 1.29 is 14.2 Å². The molecule has 2 saturated heterocycles. The van der Waals surface area contributed by atoms with Gasteiger partial charge in [-0.25, -0.2) is 0 Å². The maximum atomic E-state index is 5.23. The molecular formula is C15H30O3. The summed E-state index contributed by atoms with van der Waals surface area (Å²) in [5.41, 5.74) is 0. The molecule has 108 valence electrons. The largest absolute Gasteiger partial charge is 0.376 e. The molecule has 0 aliphatic carbocycles. The summed E-state index contributed by atoms with van der Waals surface area (Å²) in [6, 6.07) is 0. The van der Waals surface area contributed by atoms with Crippen LogP contribution in [-0.2, 0) is 14.2 Å². The van der Waals surface area contributed by atoms with Crippen LogP contribution in [-0.4, -0.2) is 38.6 Å². The van der Waals surface area contributed by atoms with Crippen molar-refractivity contribution in [3.05, 3.63) is 0 Å². The van der Waals surface area contributed by atoms with Crippen LogP contribution in [0.5, 0.6) is 0 Å². The Kier molecular flexibility index (Phi) is 9.54. The van der Waals surface area contributed by atoms with Gasteiger partial charge in [0.1, 0.15) is 12.2 Å². The highest BCUT2D eigenvalue weighted by molar-refractivity contribution is 4.71. The van der Waals surface area contributed by atoms with E-state index in [-0.39, 0.29) is 0 Å². The molecule has 2 aliphatic rings. The third kappa shape index (κ3) is 11.0. The van der Waals surface area contributed by atoms with E-state index in [9.17, 15) is 0 Å². The average Bonchev–Trinajstić information content (AvgIpc) is 3.24. The van der Waals surface area contributed by atoms with Gasteiger partial charge in [-0.15, -0.1) is 0 Å². The fraction of sp³-hybridized carbons (Fsp3) is 1.00. The van der Waals surface area contributed by atoms with Crippen LogP contribution >= 0.6 is 0 Å². The zero-order valence-electron chi connectivity index (χ0n) is 12.2. The Balaban J connectivity index is 0.000000180. The first kappa shape index (κ1) is 15.9. The smallest absolute Gasteiger partial charge is 0.104 e. The van der Waals surface area contributed by atoms with E-state index in [0.29, 0.717) is 12.2 Å². The monoisotopic (exact) mass is 258 g/mol. The first-order chi connectivity index (χ1) is 8.86. The van der Waals surface area contributed by atoms with Gasteiger partial charge in [0.15, 0.2) is 0 Å². The van der Waals surface area contributed by atoms with Gasteiger partial charge in [0.2, 0.25) is 0 Å². The second kappa shape index (κ2) is 10.8. The van der Waals surface area contributed by atoms with E-state index >= 15 is 0 Å². The molecular weight excluding hydrogens is 228 g/mol. The fourth-order valence-corrected chi connectivity index (χ4v) is 1.69. The van der Waals surface area contributed by atoms with E-state index < -0.39 is 0 Å². The number of epoxide rings is 2. The van der Waals surface area contributed by atoms with Gasteiger partial charge < -0.3 is 14.2 Å². The number of unbranched alkanes of at least 4 members (excludes halogenated alkanes) is 6. The second-order valence-electron chi connectivity index (χ2n) is 5.22. The van der Waals surface area contributed by atoms with Crippen LogP contribution in [0.15, 0.2) is 0 Å². The Bertz CT molecular complexity index is 159. The van der Waals surface area contributed by atoms with E-state index in [4.69, 9.17) is 14.2 Å². The van der Waals surface area contributed by atoms with E-state index in [1.54, 1.807) is 0 Å². The predicted octanol–water partition coefficient (Wildman–Crippen LogP) is 3.56. The molecule has 3 heteroatoms. The minimum atomic E-state index is 0.392. The summed E-state index contributed by atoms with van der Waals surface area (Å²) in [5.74, 6) is 0. The molecule has 0 radical (unpaired) electrons. The molecule has 0 N–H and O–H groups in total. The number of rotatable bonds is 10. The lowest BCUT2D eigenvalue weighted by Crippen LogP contribution is -2.06. The van der Waals surface area contributed by atoms with Gasteiger partial charge in [-0.2, -0.15) is 0 Å². The SMILES string of the molecule is C(OCC1CO1)C1CO1.CCCCCCCCC. The highest BCUT2D eigenvalue weighted by atomic mass is 16.6. The lowest BCUT2D eigenvalue weighted by atomic mass is 10.1. The zero-order chi connectivity index (χ0) is 13.1. The Hall–Kier alpha value is -0.120. The maximum Gasteiger partial charge on any atom is 0.104 e. The molecule has 0 spiro atoms. The molecule has 2 atom stereocenters. The van der Waals surface area contributed by atoms with E-state index in [1.165, 1.54) is 44.9 Å². The Morgan fingerprint density at radius 3 is 1.50 bits per heavy atom. The van der Waals surface area contributed by atoms with Gasteiger partial charge in [0.05, 0.1) is 26.4 Å². The Morgan fingerprint density at radius 1 is 0.778 bits per heavy atom. The summed E-state index contributed by atoms with van der Waals surface area (Å²) in [5, 5.41) is 0. The summed E-state index contributed by atoms with van der Waals surface area (Å²) in [4.78, 5) is 0. The molecule has 0 bridgehead atoms. The van der Waals surface area contributed by atoms with Crippen molar-refractivity contribution in [2.24, 2.45) is 0 Å². The molecule has 0 aromatic heterocycles. The highest BCUT2D eigenvalue weighted by Crippen LogP contribution is 2.12. The molecule has 2 rings (SSSR count). The van der Waals surface area contributed by atoms with Crippen molar-refractivity contribution in [2.75, 3.05) is 26.4 Å². The summed E-state index contributed by atoms with van der Waals surface area (Å²) in [6.45, 7) is 7.79. The third-order valence-electron chi connectivity index (χ3n) is 3.12. The zero-order valence-corrected chi connectivity index (χ0v) is 12.2. The third-order valence-corrected chi connectivity index (χ3v) is 3.12. The molecule has 18 heavy (non-hydrogen) atoms. The Morgan fingerprint density at radius 2 is 1.17 bits per heavy atom. The highest BCUT2D eigenvalue weighted by Gasteiger charge is 2.26. The topological polar surface area (TPSA) is 34.3 Å². The van der Waals surface area contributed by atoms with Gasteiger partial charge in [0.25, 0.3) is 0 Å². The number of hydrogen-bond acceptors (Lipinski definition) is 3. The van der Waals surface area contributed by atoms with Crippen molar-refractivity contribution in [1.29, 1.82) is 0 Å². The van der Waals surface area contributed by atoms with Crippen LogP contribution in [0.4, 0.5) is 0 Å². The minimum absolute atomic E-state index is 0.392. The van der Waals surface area contributed by atoms with E-state index in [0.717, 1.165) is 26.4 Å². The molecule has 0 aromatic carbocycles. The number of hydrogen-bond donors (Lipinski definition) is 0. The van der Waals surface area contributed by atoms with Gasteiger partial charge in [0, 0.05) is 0 Å². The maximum absolute atomic E-state index is 5.23. The van der Waals surface area contributed by atoms with Crippen molar-refractivity contribution in [2.45, 2.75) is 71.0 Å². The van der Waals surface area contributed by atoms with Crippen molar-refractivity contribution in [3.63, 3.8) is 0 Å². The molecule has 0 saturated carbocycles. The van der Waals surface area contributed by atoms with Crippen LogP contribution in [0, 0.1) is 0 Å². The van der Waals surface area contributed by atoms with Crippen LogP contribution in [0.1, 0.15) is 58.8 Å². The van der Waals surface area contributed by atoms with Crippen LogP contribution in [0.25, 0.3) is 0 Å². The van der Waals surface area contributed by atoms with Crippen molar-refractivity contribution in [3.8, 4) is 0 Å². The lowest BCUT2D eigenvalue weighted by Gasteiger charge is -1.96. The summed E-state index contributed by atoms with van der Waals surface area (Å²) in [6.07, 6.45) is 10.8.